The number of nitrogens with zero attached hydrogens (tertiary/aromatic N) is 1. The van der Waals surface area contributed by atoms with Gasteiger partial charge in [0.05, 0.1) is 24.1 Å². The first-order chi connectivity index (χ1) is 14.3. The number of fused-ring (bicyclic) bond motifs is 1. The van der Waals surface area contributed by atoms with E-state index < -0.39 is 10.0 Å². The molecule has 0 saturated carbocycles. The Morgan fingerprint density at radius 2 is 1.90 bits per heavy atom. The van der Waals surface area contributed by atoms with E-state index in [0.29, 0.717) is 53.3 Å². The summed E-state index contributed by atoms with van der Waals surface area (Å²) in [5.41, 5.74) is 1.00. The Morgan fingerprint density at radius 3 is 2.57 bits per heavy atom. The molecule has 0 fully saturated rings. The van der Waals surface area contributed by atoms with Crippen LogP contribution in [0.3, 0.4) is 0 Å². The van der Waals surface area contributed by atoms with Crippen molar-refractivity contribution in [3.63, 3.8) is 0 Å². The van der Waals surface area contributed by atoms with E-state index in [0.717, 1.165) is 6.26 Å². The Labute approximate surface area is 180 Å². The van der Waals surface area contributed by atoms with Gasteiger partial charge in [-0.3, -0.25) is 9.10 Å². The molecule has 10 heteroatoms. The number of carbonyl (C=O) groups excluding carboxylic acids is 1. The maximum absolute atomic E-state index is 12.3. The van der Waals surface area contributed by atoms with Gasteiger partial charge in [0.1, 0.15) is 19.0 Å². The maximum atomic E-state index is 12.3. The second-order valence-electron chi connectivity index (χ2n) is 6.66. The third kappa shape index (κ3) is 5.48. The number of anilines is 2. The number of ether oxygens (including phenoxy) is 3. The molecular formula is C20H23ClN2O6S. The van der Waals surface area contributed by atoms with Crippen LogP contribution in [-0.4, -0.2) is 47.4 Å². The van der Waals surface area contributed by atoms with Crippen LogP contribution in [0.1, 0.15) is 12.8 Å². The fraction of sp³-hybridized carbons (Fsp3) is 0.350. The minimum atomic E-state index is -3.55. The van der Waals surface area contributed by atoms with Gasteiger partial charge in [-0.2, -0.15) is 0 Å². The molecule has 8 nitrogen and oxygen atoms in total. The molecule has 0 atom stereocenters. The smallest absolute Gasteiger partial charge is 0.232 e. The minimum Gasteiger partial charge on any atom is -0.495 e. The lowest BCUT2D eigenvalue weighted by Crippen LogP contribution is -2.31. The fourth-order valence-electron chi connectivity index (χ4n) is 3.02. The van der Waals surface area contributed by atoms with Gasteiger partial charge < -0.3 is 19.5 Å². The highest BCUT2D eigenvalue weighted by atomic mass is 35.5. The lowest BCUT2D eigenvalue weighted by atomic mass is 10.2. The Kier molecular flexibility index (Phi) is 6.94. The van der Waals surface area contributed by atoms with Crippen LogP contribution < -0.4 is 23.8 Å². The molecule has 162 valence electrons. The number of methoxy groups -OCH3 is 1. The Bertz CT molecular complexity index is 1030. The molecule has 0 aromatic heterocycles. The third-order valence-electron chi connectivity index (χ3n) is 4.41. The summed E-state index contributed by atoms with van der Waals surface area (Å²) >= 11 is 6.12. The molecule has 1 aliphatic rings. The van der Waals surface area contributed by atoms with Crippen LogP contribution in [0.15, 0.2) is 36.4 Å². The van der Waals surface area contributed by atoms with Crippen molar-refractivity contribution in [2.24, 2.45) is 0 Å². The standard InChI is InChI=1S/C20H23ClN2O6S/c1-27-17-8-6-15(13-16(17)21)23(30(2,25)26)9-3-4-20(24)22-14-5-7-18-19(12-14)29-11-10-28-18/h5-8,12-13H,3-4,9-11H2,1-2H3,(H,22,24). The van der Waals surface area contributed by atoms with Gasteiger partial charge in [-0.1, -0.05) is 11.6 Å². The highest BCUT2D eigenvalue weighted by Crippen LogP contribution is 2.33. The van der Waals surface area contributed by atoms with E-state index in [9.17, 15) is 13.2 Å². The Balaban J connectivity index is 1.60. The van der Waals surface area contributed by atoms with E-state index >= 15 is 0 Å². The van der Waals surface area contributed by atoms with Crippen LogP contribution in [0.25, 0.3) is 0 Å². The van der Waals surface area contributed by atoms with Gasteiger partial charge in [-0.15, -0.1) is 0 Å². The molecule has 1 aliphatic heterocycles. The number of amides is 1. The summed E-state index contributed by atoms with van der Waals surface area (Å²) in [6, 6.07) is 9.91. The molecule has 1 N–H and O–H groups in total. The molecule has 0 spiro atoms. The zero-order valence-electron chi connectivity index (χ0n) is 16.7. The predicted octanol–water partition coefficient (Wildman–Crippen LogP) is 3.30. The van der Waals surface area contributed by atoms with E-state index in [2.05, 4.69) is 5.32 Å². The quantitative estimate of drug-likeness (QED) is 0.657. The van der Waals surface area contributed by atoms with Crippen molar-refractivity contribution >= 4 is 38.9 Å². The summed E-state index contributed by atoms with van der Waals surface area (Å²) in [4.78, 5) is 12.3. The Hall–Kier alpha value is -2.65. The molecule has 0 unspecified atom stereocenters. The molecule has 0 radical (unpaired) electrons. The molecule has 2 aromatic rings. The van der Waals surface area contributed by atoms with Crippen LogP contribution in [-0.2, 0) is 14.8 Å². The molecule has 2 aromatic carbocycles. The summed E-state index contributed by atoms with van der Waals surface area (Å²) < 4.78 is 41.7. The summed E-state index contributed by atoms with van der Waals surface area (Å²) in [6.45, 7) is 1.09. The second-order valence-corrected chi connectivity index (χ2v) is 8.98. The largest absolute Gasteiger partial charge is 0.495 e. The minimum absolute atomic E-state index is 0.135. The number of carbonyl (C=O) groups is 1. The molecule has 0 saturated heterocycles. The van der Waals surface area contributed by atoms with E-state index in [1.807, 2.05) is 0 Å². The zero-order chi connectivity index (χ0) is 21.7. The molecule has 30 heavy (non-hydrogen) atoms. The molecule has 1 heterocycles. The summed E-state index contributed by atoms with van der Waals surface area (Å²) in [7, 11) is -2.07. The van der Waals surface area contributed by atoms with Crippen LogP contribution >= 0.6 is 11.6 Å². The first kappa shape index (κ1) is 22.0. The van der Waals surface area contributed by atoms with Crippen molar-refractivity contribution in [3.8, 4) is 17.2 Å². The summed E-state index contributed by atoms with van der Waals surface area (Å²) in [5.74, 6) is 1.44. The van der Waals surface area contributed by atoms with Gasteiger partial charge in [0.2, 0.25) is 15.9 Å². The van der Waals surface area contributed by atoms with Crippen LogP contribution in [0.2, 0.25) is 5.02 Å². The number of benzene rings is 2. The summed E-state index contributed by atoms with van der Waals surface area (Å²) in [6.07, 6.45) is 1.58. The van der Waals surface area contributed by atoms with Gasteiger partial charge in [-0.25, -0.2) is 8.42 Å². The zero-order valence-corrected chi connectivity index (χ0v) is 18.3. The van der Waals surface area contributed by atoms with E-state index in [1.165, 1.54) is 17.5 Å². The number of nitrogens with one attached hydrogen (secondary N) is 1. The lowest BCUT2D eigenvalue weighted by Gasteiger charge is -2.23. The predicted molar refractivity (Wildman–Crippen MR) is 115 cm³/mol. The maximum Gasteiger partial charge on any atom is 0.232 e. The lowest BCUT2D eigenvalue weighted by molar-refractivity contribution is -0.116. The number of rotatable bonds is 8. The summed E-state index contributed by atoms with van der Waals surface area (Å²) in [5, 5.41) is 3.09. The van der Waals surface area contributed by atoms with Crippen LogP contribution in [0, 0.1) is 0 Å². The van der Waals surface area contributed by atoms with Crippen molar-refractivity contribution in [1.82, 2.24) is 0 Å². The number of halogens is 1. The highest BCUT2D eigenvalue weighted by Gasteiger charge is 2.19. The number of sulfonamides is 1. The monoisotopic (exact) mass is 454 g/mol. The molecular weight excluding hydrogens is 432 g/mol. The fourth-order valence-corrected chi connectivity index (χ4v) is 4.23. The van der Waals surface area contributed by atoms with Crippen molar-refractivity contribution < 1.29 is 27.4 Å². The van der Waals surface area contributed by atoms with Crippen molar-refractivity contribution in [2.45, 2.75) is 12.8 Å². The SMILES string of the molecule is COc1ccc(N(CCCC(=O)Nc2ccc3c(c2)OCCO3)S(C)(=O)=O)cc1Cl. The number of hydrogen-bond donors (Lipinski definition) is 1. The van der Waals surface area contributed by atoms with Crippen LogP contribution in [0.5, 0.6) is 17.2 Å². The van der Waals surface area contributed by atoms with Gasteiger partial charge in [0, 0.05) is 24.7 Å². The van der Waals surface area contributed by atoms with Crippen LogP contribution in [0.4, 0.5) is 11.4 Å². The van der Waals surface area contributed by atoms with Gasteiger partial charge in [0.15, 0.2) is 11.5 Å². The first-order valence-electron chi connectivity index (χ1n) is 9.28. The second kappa shape index (κ2) is 9.44. The average Bonchev–Trinajstić information content (AvgIpc) is 2.70. The highest BCUT2D eigenvalue weighted by molar-refractivity contribution is 7.92. The van der Waals surface area contributed by atoms with Gasteiger partial charge >= 0.3 is 0 Å². The van der Waals surface area contributed by atoms with E-state index in [1.54, 1.807) is 30.3 Å². The van der Waals surface area contributed by atoms with Crippen molar-refractivity contribution in [1.29, 1.82) is 0 Å². The first-order valence-corrected chi connectivity index (χ1v) is 11.5. The third-order valence-corrected chi connectivity index (χ3v) is 5.90. The molecule has 1 amide bonds. The molecule has 3 rings (SSSR count). The van der Waals surface area contributed by atoms with Crippen molar-refractivity contribution in [3.05, 3.63) is 41.4 Å². The average molecular weight is 455 g/mol. The van der Waals surface area contributed by atoms with Gasteiger partial charge in [-0.05, 0) is 36.8 Å². The van der Waals surface area contributed by atoms with Crippen molar-refractivity contribution in [2.75, 3.05) is 42.7 Å². The normalized spacial score (nSPS) is 12.9. The molecule has 0 aliphatic carbocycles. The van der Waals surface area contributed by atoms with E-state index in [-0.39, 0.29) is 18.9 Å². The van der Waals surface area contributed by atoms with E-state index in [4.69, 9.17) is 25.8 Å². The van der Waals surface area contributed by atoms with Gasteiger partial charge in [0.25, 0.3) is 0 Å². The Morgan fingerprint density at radius 1 is 1.17 bits per heavy atom. The molecule has 0 bridgehead atoms. The topological polar surface area (TPSA) is 94.2 Å². The number of hydrogen-bond acceptors (Lipinski definition) is 6.